The van der Waals surface area contributed by atoms with Crippen LogP contribution in [0, 0.1) is 5.82 Å². The highest BCUT2D eigenvalue weighted by Crippen LogP contribution is 2.19. The molecule has 1 saturated heterocycles. The van der Waals surface area contributed by atoms with E-state index >= 15 is 0 Å². The second-order valence-corrected chi connectivity index (χ2v) is 4.60. The molecular formula is C14H17FN2O4. The van der Waals surface area contributed by atoms with Crippen LogP contribution in [-0.2, 0) is 4.74 Å². The first kappa shape index (κ1) is 15.1. The second kappa shape index (κ2) is 6.43. The van der Waals surface area contributed by atoms with Gasteiger partial charge in [0.1, 0.15) is 0 Å². The number of nitrogens with zero attached hydrogens (tertiary/aromatic N) is 2. The smallest absolute Gasteiger partial charge is 0.409 e. The molecule has 21 heavy (non-hydrogen) atoms. The van der Waals surface area contributed by atoms with E-state index < -0.39 is 11.9 Å². The number of carbonyl (C=O) groups excluding carboxylic acids is 2. The van der Waals surface area contributed by atoms with E-state index in [1.807, 2.05) is 0 Å². The molecule has 0 spiro atoms. The van der Waals surface area contributed by atoms with Gasteiger partial charge in [-0.2, -0.15) is 0 Å². The van der Waals surface area contributed by atoms with E-state index in [0.717, 1.165) is 6.07 Å². The number of amides is 2. The van der Waals surface area contributed by atoms with Crippen molar-refractivity contribution >= 4 is 12.0 Å². The fourth-order valence-corrected chi connectivity index (χ4v) is 2.20. The van der Waals surface area contributed by atoms with Crippen LogP contribution >= 0.6 is 0 Å². The number of hydrogen-bond acceptors (Lipinski definition) is 4. The van der Waals surface area contributed by atoms with Crippen molar-refractivity contribution in [1.29, 1.82) is 0 Å². The Labute approximate surface area is 122 Å². The van der Waals surface area contributed by atoms with Gasteiger partial charge in [0.2, 0.25) is 0 Å². The van der Waals surface area contributed by atoms with E-state index in [4.69, 9.17) is 4.74 Å². The van der Waals surface area contributed by atoms with E-state index in [-0.39, 0.29) is 17.2 Å². The normalized spacial score (nSPS) is 14.8. The summed E-state index contributed by atoms with van der Waals surface area (Å²) in [5.41, 5.74) is 0.264. The van der Waals surface area contributed by atoms with Gasteiger partial charge in [-0.15, -0.1) is 0 Å². The molecule has 2 rings (SSSR count). The molecule has 1 aromatic rings. The maximum absolute atomic E-state index is 13.6. The predicted molar refractivity (Wildman–Crippen MR) is 72.8 cm³/mol. The largest absolute Gasteiger partial charge is 0.494 e. The highest BCUT2D eigenvalue weighted by atomic mass is 19.1. The van der Waals surface area contributed by atoms with Crippen LogP contribution in [0.1, 0.15) is 10.4 Å². The number of rotatable bonds is 2. The average Bonchev–Trinajstić information content (AvgIpc) is 2.53. The molecular weight excluding hydrogens is 279 g/mol. The van der Waals surface area contributed by atoms with Crippen molar-refractivity contribution in [3.8, 4) is 5.75 Å². The van der Waals surface area contributed by atoms with Crippen LogP contribution in [0.25, 0.3) is 0 Å². The number of benzene rings is 1. The van der Waals surface area contributed by atoms with Crippen molar-refractivity contribution in [2.45, 2.75) is 0 Å². The monoisotopic (exact) mass is 296 g/mol. The van der Waals surface area contributed by atoms with Crippen molar-refractivity contribution in [2.75, 3.05) is 40.4 Å². The Morgan fingerprint density at radius 1 is 1.10 bits per heavy atom. The fraction of sp³-hybridized carbons (Fsp3) is 0.429. The number of halogens is 1. The van der Waals surface area contributed by atoms with E-state index in [9.17, 15) is 14.0 Å². The van der Waals surface area contributed by atoms with Gasteiger partial charge in [-0.1, -0.05) is 0 Å². The molecule has 1 aliphatic rings. The second-order valence-electron chi connectivity index (χ2n) is 4.60. The highest BCUT2D eigenvalue weighted by Gasteiger charge is 2.25. The fourth-order valence-electron chi connectivity index (χ4n) is 2.20. The third-order valence-corrected chi connectivity index (χ3v) is 3.40. The van der Waals surface area contributed by atoms with Gasteiger partial charge in [0.15, 0.2) is 11.6 Å². The molecule has 114 valence electrons. The van der Waals surface area contributed by atoms with Crippen LogP contribution < -0.4 is 4.74 Å². The number of carbonyl (C=O) groups is 2. The molecule has 0 N–H and O–H groups in total. The molecule has 6 nitrogen and oxygen atoms in total. The molecule has 1 aliphatic heterocycles. The maximum atomic E-state index is 13.6. The zero-order chi connectivity index (χ0) is 15.4. The van der Waals surface area contributed by atoms with E-state index in [1.54, 1.807) is 4.90 Å². The lowest BCUT2D eigenvalue weighted by molar-refractivity contribution is 0.0599. The number of ether oxygens (including phenoxy) is 2. The van der Waals surface area contributed by atoms with E-state index in [0.29, 0.717) is 26.2 Å². The van der Waals surface area contributed by atoms with Crippen molar-refractivity contribution in [3.63, 3.8) is 0 Å². The van der Waals surface area contributed by atoms with E-state index in [2.05, 4.69) is 4.74 Å². The van der Waals surface area contributed by atoms with Gasteiger partial charge < -0.3 is 19.3 Å². The molecule has 1 aromatic carbocycles. The predicted octanol–water partition coefficient (Wildman–Crippen LogP) is 1.36. The van der Waals surface area contributed by atoms with Crippen LogP contribution in [0.5, 0.6) is 5.75 Å². The zero-order valence-corrected chi connectivity index (χ0v) is 12.0. The molecule has 0 saturated carbocycles. The number of methoxy groups -OCH3 is 2. The quantitative estimate of drug-likeness (QED) is 0.827. The molecule has 1 fully saturated rings. The summed E-state index contributed by atoms with van der Waals surface area (Å²) < 4.78 is 23.1. The van der Waals surface area contributed by atoms with Crippen molar-refractivity contribution < 1.29 is 23.5 Å². The van der Waals surface area contributed by atoms with E-state index in [1.165, 1.54) is 31.3 Å². The van der Waals surface area contributed by atoms with Gasteiger partial charge in [0.25, 0.3) is 5.91 Å². The molecule has 0 atom stereocenters. The summed E-state index contributed by atoms with van der Waals surface area (Å²) in [6, 6.07) is 4.11. The van der Waals surface area contributed by atoms with Crippen molar-refractivity contribution in [3.05, 3.63) is 29.6 Å². The third kappa shape index (κ3) is 3.24. The van der Waals surface area contributed by atoms with Gasteiger partial charge in [-0.05, 0) is 18.2 Å². The lowest BCUT2D eigenvalue weighted by atomic mass is 10.1. The Morgan fingerprint density at radius 3 is 2.24 bits per heavy atom. The summed E-state index contributed by atoms with van der Waals surface area (Å²) in [6.07, 6.45) is -0.405. The van der Waals surface area contributed by atoms with Gasteiger partial charge in [0.05, 0.1) is 14.2 Å². The standard InChI is InChI=1S/C14H17FN2O4/c1-20-12-4-3-10(9-11(12)15)13(18)16-5-7-17(8-6-16)14(19)21-2/h3-4,9H,5-8H2,1-2H3. The topological polar surface area (TPSA) is 59.1 Å². The van der Waals surface area contributed by atoms with Crippen molar-refractivity contribution in [2.24, 2.45) is 0 Å². The highest BCUT2D eigenvalue weighted by molar-refractivity contribution is 5.94. The molecule has 0 aromatic heterocycles. The Morgan fingerprint density at radius 2 is 1.71 bits per heavy atom. The first-order valence-corrected chi connectivity index (χ1v) is 6.52. The number of piperazine rings is 1. The summed E-state index contributed by atoms with van der Waals surface area (Å²) >= 11 is 0. The minimum atomic E-state index is -0.573. The lowest BCUT2D eigenvalue weighted by Crippen LogP contribution is -2.50. The average molecular weight is 296 g/mol. The van der Waals surface area contributed by atoms with Crippen LogP contribution in [-0.4, -0.2) is 62.2 Å². The molecule has 0 unspecified atom stereocenters. The summed E-state index contributed by atoms with van der Waals surface area (Å²) in [6.45, 7) is 1.58. The molecule has 1 heterocycles. The molecule has 2 amide bonds. The summed E-state index contributed by atoms with van der Waals surface area (Å²) in [7, 11) is 2.69. The molecule has 7 heteroatoms. The minimum Gasteiger partial charge on any atom is -0.494 e. The maximum Gasteiger partial charge on any atom is 0.409 e. The first-order valence-electron chi connectivity index (χ1n) is 6.52. The Hall–Kier alpha value is -2.31. The molecule has 0 aliphatic carbocycles. The summed E-state index contributed by atoms with van der Waals surface area (Å²) in [5, 5.41) is 0. The molecule has 0 radical (unpaired) electrons. The van der Waals surface area contributed by atoms with Gasteiger partial charge in [0, 0.05) is 31.7 Å². The summed E-state index contributed by atoms with van der Waals surface area (Å²) in [4.78, 5) is 26.8. The minimum absolute atomic E-state index is 0.0991. The van der Waals surface area contributed by atoms with Crippen LogP contribution in [0.2, 0.25) is 0 Å². The third-order valence-electron chi connectivity index (χ3n) is 3.40. The molecule has 0 bridgehead atoms. The van der Waals surface area contributed by atoms with Gasteiger partial charge in [-0.25, -0.2) is 9.18 Å². The number of hydrogen-bond donors (Lipinski definition) is 0. The zero-order valence-electron chi connectivity index (χ0n) is 12.0. The van der Waals surface area contributed by atoms with Crippen LogP contribution in [0.4, 0.5) is 9.18 Å². The lowest BCUT2D eigenvalue weighted by Gasteiger charge is -2.33. The Kier molecular flexibility index (Phi) is 4.62. The Bertz CT molecular complexity index is 542. The van der Waals surface area contributed by atoms with Crippen LogP contribution in [0.15, 0.2) is 18.2 Å². The van der Waals surface area contributed by atoms with Crippen molar-refractivity contribution in [1.82, 2.24) is 9.80 Å². The summed E-state index contributed by atoms with van der Waals surface area (Å²) in [5.74, 6) is -0.736. The SMILES string of the molecule is COC(=O)N1CCN(C(=O)c2ccc(OC)c(F)c2)CC1. The van der Waals surface area contributed by atoms with Gasteiger partial charge >= 0.3 is 6.09 Å². The Balaban J connectivity index is 2.02. The first-order chi connectivity index (χ1) is 10.1. The van der Waals surface area contributed by atoms with Gasteiger partial charge in [-0.3, -0.25) is 4.79 Å². The van der Waals surface area contributed by atoms with Crippen LogP contribution in [0.3, 0.4) is 0 Å².